The second kappa shape index (κ2) is 8.46. The number of nitrogens with zero attached hydrogens (tertiary/aromatic N) is 2. The van der Waals surface area contributed by atoms with E-state index in [1.807, 2.05) is 19.9 Å². The fourth-order valence-electron chi connectivity index (χ4n) is 3.85. The monoisotopic (exact) mass is 447 g/mol. The van der Waals surface area contributed by atoms with Crippen molar-refractivity contribution in [2.45, 2.75) is 33.7 Å². The Morgan fingerprint density at radius 3 is 2.61 bits per heavy atom. The van der Waals surface area contributed by atoms with Crippen LogP contribution in [0.2, 0.25) is 0 Å². The quantitative estimate of drug-likeness (QED) is 0.434. The van der Waals surface area contributed by atoms with Gasteiger partial charge in [0.2, 0.25) is 0 Å². The van der Waals surface area contributed by atoms with Crippen molar-refractivity contribution in [1.29, 1.82) is 0 Å². The third kappa shape index (κ3) is 4.19. The maximum absolute atomic E-state index is 13.8. The predicted molar refractivity (Wildman–Crippen MR) is 123 cm³/mol. The van der Waals surface area contributed by atoms with Crippen molar-refractivity contribution < 1.29 is 18.7 Å². The summed E-state index contributed by atoms with van der Waals surface area (Å²) in [6, 6.07) is 7.82. The lowest BCUT2D eigenvalue weighted by Crippen LogP contribution is -2.15. The molecule has 7 nitrogen and oxygen atoms in total. The van der Waals surface area contributed by atoms with Gasteiger partial charge in [-0.25, -0.2) is 14.2 Å². The number of benzene rings is 1. The molecule has 0 saturated carbocycles. The lowest BCUT2D eigenvalue weighted by molar-refractivity contribution is 0.0691. The van der Waals surface area contributed by atoms with Crippen molar-refractivity contribution in [2.75, 3.05) is 5.32 Å². The Labute approximate surface area is 188 Å². The van der Waals surface area contributed by atoms with E-state index in [0.717, 1.165) is 11.8 Å². The molecule has 0 fully saturated rings. The van der Waals surface area contributed by atoms with E-state index in [9.17, 15) is 19.1 Å². The summed E-state index contributed by atoms with van der Waals surface area (Å²) in [5.41, 5.74) is 3.16. The number of hydrogen-bond acceptors (Lipinski definition) is 6. The minimum Gasteiger partial charge on any atom is -0.476 e. The molecule has 4 aromatic rings. The molecule has 0 aliphatic rings. The number of aromatic carboxylic acids is 1. The highest BCUT2D eigenvalue weighted by Gasteiger charge is 2.21. The van der Waals surface area contributed by atoms with E-state index in [1.165, 1.54) is 12.3 Å². The molecule has 1 unspecified atom stereocenters. The van der Waals surface area contributed by atoms with Crippen LogP contribution in [0.1, 0.15) is 45.8 Å². The van der Waals surface area contributed by atoms with Gasteiger partial charge in [0.15, 0.2) is 11.1 Å². The van der Waals surface area contributed by atoms with Crippen LogP contribution in [0.25, 0.3) is 22.3 Å². The summed E-state index contributed by atoms with van der Waals surface area (Å²) >= 11 is 0. The molecule has 3 aromatic heterocycles. The molecule has 3 heterocycles. The molecule has 33 heavy (non-hydrogen) atoms. The molecule has 1 atom stereocenters. The van der Waals surface area contributed by atoms with E-state index >= 15 is 0 Å². The highest BCUT2D eigenvalue weighted by Crippen LogP contribution is 2.32. The molecule has 8 heteroatoms. The predicted octanol–water partition coefficient (Wildman–Crippen LogP) is 5.19. The molecular formula is C25H22FN3O4. The van der Waals surface area contributed by atoms with Gasteiger partial charge in [-0.15, -0.1) is 0 Å². The van der Waals surface area contributed by atoms with Gasteiger partial charge in [-0.3, -0.25) is 9.78 Å². The lowest BCUT2D eigenvalue weighted by Gasteiger charge is -2.19. The van der Waals surface area contributed by atoms with E-state index in [-0.39, 0.29) is 16.9 Å². The molecule has 0 saturated heterocycles. The van der Waals surface area contributed by atoms with Crippen LogP contribution in [0, 0.1) is 26.6 Å². The number of halogens is 1. The van der Waals surface area contributed by atoms with Crippen LogP contribution in [0.5, 0.6) is 0 Å². The molecule has 0 aliphatic heterocycles. The number of carbonyl (C=O) groups is 1. The normalized spacial score (nSPS) is 12.0. The number of aryl methyl sites for hydroxylation is 2. The second-order valence-corrected chi connectivity index (χ2v) is 8.03. The number of pyridine rings is 2. The number of carboxylic acids is 1. The number of nitrogens with one attached hydrogen (secondary N) is 1. The maximum atomic E-state index is 13.8. The van der Waals surface area contributed by atoms with Crippen LogP contribution in [0.3, 0.4) is 0 Å². The van der Waals surface area contributed by atoms with Crippen molar-refractivity contribution in [3.8, 4) is 11.3 Å². The smallest absolute Gasteiger partial charge is 0.356 e. The Morgan fingerprint density at radius 1 is 1.15 bits per heavy atom. The van der Waals surface area contributed by atoms with Crippen molar-refractivity contribution in [1.82, 2.24) is 9.97 Å². The fraction of sp³-hybridized carbons (Fsp3) is 0.200. The van der Waals surface area contributed by atoms with E-state index in [1.54, 1.807) is 32.0 Å². The Hall–Kier alpha value is -4.07. The molecule has 0 aliphatic carbocycles. The minimum atomic E-state index is -1.15. The summed E-state index contributed by atoms with van der Waals surface area (Å²) in [6.45, 7) is 7.05. The number of rotatable bonds is 5. The van der Waals surface area contributed by atoms with Crippen molar-refractivity contribution >= 4 is 22.6 Å². The van der Waals surface area contributed by atoms with E-state index < -0.39 is 17.8 Å². The number of hydrogen-bond donors (Lipinski definition) is 2. The van der Waals surface area contributed by atoms with Gasteiger partial charge in [0.05, 0.1) is 23.3 Å². The number of aromatic nitrogens is 2. The first kappa shape index (κ1) is 22.1. The third-order valence-corrected chi connectivity index (χ3v) is 5.43. The number of anilines is 1. The van der Waals surface area contributed by atoms with Gasteiger partial charge < -0.3 is 14.8 Å². The molecular weight excluding hydrogens is 425 g/mol. The SMILES string of the molecule is Cc1cc(C(C)Nc2ccc(C)nc2C(=O)O)c2oc(-c3cncc(F)c3)c(C)c(=O)c2c1. The van der Waals surface area contributed by atoms with Gasteiger partial charge in [-0.05, 0) is 57.5 Å². The average Bonchev–Trinajstić information content (AvgIpc) is 2.77. The van der Waals surface area contributed by atoms with Crippen LogP contribution in [-0.4, -0.2) is 21.0 Å². The standard InChI is InChI=1S/C25H22FN3O4/c1-12-7-18(15(4)29-20-6-5-13(2)28-21(20)25(31)32)24-19(8-12)22(30)14(3)23(33-24)16-9-17(26)11-27-10-16/h5-11,15,29H,1-4H3,(H,31,32). The number of carboxylic acid groups (broad SMARTS) is 1. The highest BCUT2D eigenvalue weighted by atomic mass is 19.1. The van der Waals surface area contributed by atoms with Crippen LogP contribution >= 0.6 is 0 Å². The zero-order valence-electron chi connectivity index (χ0n) is 18.6. The molecule has 0 spiro atoms. The van der Waals surface area contributed by atoms with Crippen LogP contribution < -0.4 is 10.7 Å². The first-order chi connectivity index (χ1) is 15.7. The minimum absolute atomic E-state index is 0.0948. The molecule has 168 valence electrons. The van der Waals surface area contributed by atoms with Gasteiger partial charge in [-0.2, -0.15) is 0 Å². The zero-order chi connectivity index (χ0) is 23.9. The van der Waals surface area contributed by atoms with Crippen LogP contribution in [0.4, 0.5) is 10.1 Å². The van der Waals surface area contributed by atoms with E-state index in [0.29, 0.717) is 39.0 Å². The molecule has 0 amide bonds. The Balaban J connectivity index is 1.89. The van der Waals surface area contributed by atoms with E-state index in [4.69, 9.17) is 4.42 Å². The van der Waals surface area contributed by atoms with Gasteiger partial charge in [0.25, 0.3) is 0 Å². The largest absolute Gasteiger partial charge is 0.476 e. The second-order valence-electron chi connectivity index (χ2n) is 8.03. The molecule has 0 radical (unpaired) electrons. The first-order valence-corrected chi connectivity index (χ1v) is 10.3. The topological polar surface area (TPSA) is 105 Å². The first-order valence-electron chi connectivity index (χ1n) is 10.3. The maximum Gasteiger partial charge on any atom is 0.356 e. The third-order valence-electron chi connectivity index (χ3n) is 5.43. The molecule has 0 bridgehead atoms. The number of fused-ring (bicyclic) bond motifs is 1. The summed E-state index contributed by atoms with van der Waals surface area (Å²) in [5.74, 6) is -1.45. The fourth-order valence-corrected chi connectivity index (χ4v) is 3.85. The molecule has 4 rings (SSSR count). The van der Waals surface area contributed by atoms with Gasteiger partial charge >= 0.3 is 5.97 Å². The lowest BCUT2D eigenvalue weighted by atomic mass is 9.99. The van der Waals surface area contributed by atoms with Gasteiger partial charge in [0, 0.05) is 28.6 Å². The van der Waals surface area contributed by atoms with Crippen molar-refractivity contribution in [3.63, 3.8) is 0 Å². The zero-order valence-corrected chi connectivity index (χ0v) is 18.6. The van der Waals surface area contributed by atoms with Gasteiger partial charge in [-0.1, -0.05) is 6.07 Å². The Morgan fingerprint density at radius 2 is 1.91 bits per heavy atom. The van der Waals surface area contributed by atoms with Crippen LogP contribution in [0.15, 0.2) is 51.9 Å². The van der Waals surface area contributed by atoms with Crippen molar-refractivity contribution in [3.05, 3.63) is 86.8 Å². The van der Waals surface area contributed by atoms with Crippen LogP contribution in [-0.2, 0) is 0 Å². The average molecular weight is 447 g/mol. The Kier molecular flexibility index (Phi) is 5.68. The summed E-state index contributed by atoms with van der Waals surface area (Å²) in [5, 5.41) is 13.1. The molecule has 1 aromatic carbocycles. The van der Waals surface area contributed by atoms with Crippen molar-refractivity contribution in [2.24, 2.45) is 0 Å². The Bertz CT molecular complexity index is 1460. The van der Waals surface area contributed by atoms with Gasteiger partial charge in [0.1, 0.15) is 17.2 Å². The summed E-state index contributed by atoms with van der Waals surface area (Å²) in [6.07, 6.45) is 2.52. The molecule has 2 N–H and O–H groups in total. The summed E-state index contributed by atoms with van der Waals surface area (Å²) in [4.78, 5) is 32.8. The van der Waals surface area contributed by atoms with E-state index in [2.05, 4.69) is 15.3 Å². The highest BCUT2D eigenvalue weighted by molar-refractivity contribution is 5.92. The summed E-state index contributed by atoms with van der Waals surface area (Å²) < 4.78 is 20.0. The summed E-state index contributed by atoms with van der Waals surface area (Å²) in [7, 11) is 0.